The van der Waals surface area contributed by atoms with Gasteiger partial charge in [-0.15, -0.1) is 0 Å². The van der Waals surface area contributed by atoms with Crippen molar-refractivity contribution in [2.24, 2.45) is 14.1 Å². The fraction of sp³-hybridized carbons (Fsp3) is 0.342. The normalized spacial score (nSPS) is 12.6. The van der Waals surface area contributed by atoms with Crippen molar-refractivity contribution in [1.29, 1.82) is 0 Å². The van der Waals surface area contributed by atoms with E-state index in [0.29, 0.717) is 29.6 Å². The first-order chi connectivity index (χ1) is 24.7. The van der Waals surface area contributed by atoms with Gasteiger partial charge in [-0.05, 0) is 11.1 Å². The molecule has 0 fully saturated rings. The van der Waals surface area contributed by atoms with Crippen LogP contribution in [0.1, 0.15) is 57.4 Å². The van der Waals surface area contributed by atoms with Crippen LogP contribution >= 0.6 is 0 Å². The molecule has 0 saturated heterocycles. The SMILES string of the molecule is Cn1cc(C(=O)NCCC(F)(F)F)c2c1CCN(Cc1ccccc1)C2.Cn1cc(C(=O)NCCC(F)(F)F)c2c[n+](Cc3ccccc3)ccc21.[B].[Br-].[H-].[Na+]. The van der Waals surface area contributed by atoms with Crippen molar-refractivity contribution in [2.75, 3.05) is 19.6 Å². The van der Waals surface area contributed by atoms with Crippen LogP contribution in [-0.4, -0.2) is 66.2 Å². The maximum atomic E-state index is 12.4. The first-order valence-electron chi connectivity index (χ1n) is 16.8. The number of fused-ring (bicyclic) bond motifs is 2. The third kappa shape index (κ3) is 13.8. The molecule has 1 aliphatic heterocycles. The average molecular weight is 842 g/mol. The minimum Gasteiger partial charge on any atom is -1.00 e. The second-order valence-corrected chi connectivity index (χ2v) is 12.8. The number of aromatic nitrogens is 3. The molecule has 8 nitrogen and oxygen atoms in total. The molecule has 2 amide bonds. The van der Waals surface area contributed by atoms with Crippen LogP contribution in [-0.2, 0) is 40.2 Å². The van der Waals surface area contributed by atoms with Gasteiger partial charge in [-0.2, -0.15) is 26.3 Å². The number of carbonyl (C=O) groups excluding carboxylic acids is 2. The summed E-state index contributed by atoms with van der Waals surface area (Å²) in [5.41, 5.74) is 5.99. The fourth-order valence-electron chi connectivity index (χ4n) is 6.24. The summed E-state index contributed by atoms with van der Waals surface area (Å²) in [7, 11) is 3.68. The van der Waals surface area contributed by atoms with E-state index in [1.807, 2.05) is 83.2 Å². The number of alkyl halides is 6. The minimum atomic E-state index is -4.29. The molecule has 17 heteroatoms. The molecule has 5 aromatic rings. The topological polar surface area (TPSA) is 75.2 Å². The number of nitrogens with zero attached hydrogens (tertiary/aromatic N) is 4. The van der Waals surface area contributed by atoms with Crippen molar-refractivity contribution in [3.05, 3.63) is 125 Å². The number of pyridine rings is 1. The maximum absolute atomic E-state index is 12.4. The standard InChI is InChI=1S/C19H22F3N3O.C19H18F3N3O.B.BrH.Na.H/c2*1-24-12-16(18(26)23-9-8-19(20,21)22)15-13-25(10-7-17(15)24)11-14-5-3-2-4-6-14;;;;/h2-6,12H,7-11,13H2,1H3,(H,23,26);2-7,10,12-13H,8-9,11H2,1H3;;1H;;/q;;;;+1;-1. The molecule has 4 heterocycles. The van der Waals surface area contributed by atoms with Gasteiger partial charge in [0.1, 0.15) is 0 Å². The summed E-state index contributed by atoms with van der Waals surface area (Å²) in [5, 5.41) is 5.45. The fourth-order valence-corrected chi connectivity index (χ4v) is 6.24. The third-order valence-corrected chi connectivity index (χ3v) is 8.79. The zero-order valence-corrected chi connectivity index (χ0v) is 34.4. The van der Waals surface area contributed by atoms with Gasteiger partial charge in [0, 0.05) is 91.4 Å². The maximum Gasteiger partial charge on any atom is 1.00 e. The number of rotatable bonds is 10. The quantitative estimate of drug-likeness (QED) is 0.120. The summed E-state index contributed by atoms with van der Waals surface area (Å²) < 4.78 is 79.3. The van der Waals surface area contributed by atoms with Gasteiger partial charge in [0.25, 0.3) is 11.8 Å². The van der Waals surface area contributed by atoms with Crippen LogP contribution in [0.4, 0.5) is 26.3 Å². The van der Waals surface area contributed by atoms with Crippen molar-refractivity contribution in [2.45, 2.75) is 51.2 Å². The van der Waals surface area contributed by atoms with Gasteiger partial charge in [-0.3, -0.25) is 14.5 Å². The van der Waals surface area contributed by atoms with Crippen molar-refractivity contribution in [1.82, 2.24) is 24.7 Å². The van der Waals surface area contributed by atoms with E-state index in [-0.39, 0.29) is 56.4 Å². The zero-order valence-electron chi connectivity index (χ0n) is 31.9. The van der Waals surface area contributed by atoms with Crippen LogP contribution in [0.3, 0.4) is 0 Å². The summed E-state index contributed by atoms with van der Waals surface area (Å²) in [6.07, 6.45) is -2.68. The Hall–Kier alpha value is -3.57. The predicted octanol–water partition coefficient (Wildman–Crippen LogP) is 0.202. The molecule has 0 unspecified atom stereocenters. The molecule has 0 bridgehead atoms. The summed E-state index contributed by atoms with van der Waals surface area (Å²) in [4.78, 5) is 27.0. The van der Waals surface area contributed by atoms with Crippen LogP contribution in [0.2, 0.25) is 0 Å². The molecule has 3 radical (unpaired) electrons. The third-order valence-electron chi connectivity index (χ3n) is 8.79. The molecule has 289 valence electrons. The summed E-state index contributed by atoms with van der Waals surface area (Å²) >= 11 is 0. The number of carbonyl (C=O) groups is 2. The van der Waals surface area contributed by atoms with Gasteiger partial charge in [-0.25, -0.2) is 4.57 Å². The van der Waals surface area contributed by atoms with Crippen molar-refractivity contribution < 1.29 is 88.5 Å². The van der Waals surface area contributed by atoms with Gasteiger partial charge in [0.15, 0.2) is 18.9 Å². The van der Waals surface area contributed by atoms with Gasteiger partial charge in [0.05, 0.1) is 34.9 Å². The Balaban J connectivity index is 0.000000523. The number of halogens is 7. The summed E-state index contributed by atoms with van der Waals surface area (Å²) in [5.74, 6) is -0.940. The molecule has 0 saturated carbocycles. The Kier molecular flexibility index (Phi) is 18.3. The van der Waals surface area contributed by atoms with Gasteiger partial charge in [0.2, 0.25) is 0 Å². The van der Waals surface area contributed by atoms with Crippen LogP contribution in [0, 0.1) is 0 Å². The molecule has 3 aromatic heterocycles. The van der Waals surface area contributed by atoms with Gasteiger partial charge < -0.3 is 38.2 Å². The molecule has 1 aliphatic rings. The summed E-state index contributed by atoms with van der Waals surface area (Å²) in [6, 6.07) is 21.8. The molecule has 6 rings (SSSR count). The average Bonchev–Trinajstić information content (AvgIpc) is 3.60. The minimum absolute atomic E-state index is 0. The van der Waals surface area contributed by atoms with Gasteiger partial charge in [-0.1, -0.05) is 60.7 Å². The van der Waals surface area contributed by atoms with Crippen molar-refractivity contribution in [3.8, 4) is 0 Å². The number of benzene rings is 2. The molecule has 2 N–H and O–H groups in total. The van der Waals surface area contributed by atoms with E-state index in [1.165, 1.54) is 5.56 Å². The molecule has 0 atom stereocenters. The number of amides is 2. The molecule has 0 aliphatic carbocycles. The van der Waals surface area contributed by atoms with Crippen LogP contribution < -0.4 is 61.7 Å². The predicted molar refractivity (Wildman–Crippen MR) is 191 cm³/mol. The Morgan fingerprint density at radius 3 is 1.87 bits per heavy atom. The van der Waals surface area contributed by atoms with E-state index in [1.54, 1.807) is 24.0 Å². The molecular weight excluding hydrogens is 800 g/mol. The Morgan fingerprint density at radius 2 is 1.31 bits per heavy atom. The Morgan fingerprint density at radius 1 is 0.782 bits per heavy atom. The molecule has 55 heavy (non-hydrogen) atoms. The van der Waals surface area contributed by atoms with E-state index in [2.05, 4.69) is 27.7 Å². The van der Waals surface area contributed by atoms with Crippen LogP contribution in [0.5, 0.6) is 0 Å². The largest absolute Gasteiger partial charge is 1.00 e. The Labute approximate surface area is 352 Å². The van der Waals surface area contributed by atoms with E-state index >= 15 is 0 Å². The number of aryl methyl sites for hydroxylation is 2. The van der Waals surface area contributed by atoms with Crippen LogP contribution in [0.25, 0.3) is 10.9 Å². The molecule has 2 aromatic carbocycles. The number of nitrogens with one attached hydrogen (secondary N) is 2. The zero-order chi connectivity index (χ0) is 37.5. The first kappa shape index (κ1) is 47.6. The monoisotopic (exact) mass is 841 g/mol. The Bertz CT molecular complexity index is 2000. The van der Waals surface area contributed by atoms with Crippen LogP contribution in [0.15, 0.2) is 91.5 Å². The van der Waals surface area contributed by atoms with E-state index in [0.717, 1.165) is 41.8 Å². The van der Waals surface area contributed by atoms with E-state index < -0.39 is 50.1 Å². The second kappa shape index (κ2) is 21.1. The second-order valence-electron chi connectivity index (χ2n) is 12.8. The molecular formula is C38H42BBrF6N6NaO2. The van der Waals surface area contributed by atoms with Gasteiger partial charge >= 0.3 is 41.9 Å². The first-order valence-corrected chi connectivity index (χ1v) is 16.8. The van der Waals surface area contributed by atoms with Crippen molar-refractivity contribution in [3.63, 3.8) is 0 Å². The molecule has 0 spiro atoms. The number of hydrogen-bond donors (Lipinski definition) is 2. The smallest absolute Gasteiger partial charge is 1.00 e. The van der Waals surface area contributed by atoms with E-state index in [9.17, 15) is 35.9 Å². The summed E-state index contributed by atoms with van der Waals surface area (Å²) in [6.45, 7) is 2.09. The van der Waals surface area contributed by atoms with Crippen molar-refractivity contribution >= 4 is 31.1 Å². The number of hydrogen-bond acceptors (Lipinski definition) is 3. The van der Waals surface area contributed by atoms with E-state index in [4.69, 9.17) is 0 Å².